The minimum Gasteiger partial charge on any atom is -0.379 e. The SMILES string of the molecule is C[C@H](CN1CCOCC1)NC(=O)[C@@H](C)S(C)(=O)=O. The Labute approximate surface area is 109 Å². The number of carbonyl (C=O) groups is 1. The molecule has 0 aromatic rings. The summed E-state index contributed by atoms with van der Waals surface area (Å²) in [6.07, 6.45) is 1.07. The summed E-state index contributed by atoms with van der Waals surface area (Å²) < 4.78 is 27.7. The first-order chi connectivity index (χ1) is 8.30. The van der Waals surface area contributed by atoms with Crippen molar-refractivity contribution in [2.45, 2.75) is 25.1 Å². The van der Waals surface area contributed by atoms with Crippen molar-refractivity contribution in [1.29, 1.82) is 0 Å². The van der Waals surface area contributed by atoms with Gasteiger partial charge < -0.3 is 10.1 Å². The van der Waals surface area contributed by atoms with E-state index in [0.29, 0.717) is 19.8 Å². The van der Waals surface area contributed by atoms with Gasteiger partial charge in [-0.2, -0.15) is 0 Å². The van der Waals surface area contributed by atoms with Crippen LogP contribution < -0.4 is 5.32 Å². The van der Waals surface area contributed by atoms with Crippen LogP contribution in [0.15, 0.2) is 0 Å². The van der Waals surface area contributed by atoms with Crippen LogP contribution in [0.3, 0.4) is 0 Å². The molecule has 0 aromatic carbocycles. The molecule has 1 N–H and O–H groups in total. The lowest BCUT2D eigenvalue weighted by Gasteiger charge is -2.29. The maximum absolute atomic E-state index is 11.7. The van der Waals surface area contributed by atoms with Gasteiger partial charge in [-0.1, -0.05) is 0 Å². The normalized spacial score (nSPS) is 21.3. The second kappa shape index (κ2) is 6.49. The zero-order valence-electron chi connectivity index (χ0n) is 11.2. The smallest absolute Gasteiger partial charge is 0.238 e. The summed E-state index contributed by atoms with van der Waals surface area (Å²) >= 11 is 0. The van der Waals surface area contributed by atoms with Gasteiger partial charge in [0, 0.05) is 31.9 Å². The number of hydrogen-bond acceptors (Lipinski definition) is 5. The molecule has 0 aliphatic carbocycles. The molecule has 18 heavy (non-hydrogen) atoms. The van der Waals surface area contributed by atoms with Crippen LogP contribution in [0.4, 0.5) is 0 Å². The fourth-order valence-electron chi connectivity index (χ4n) is 1.77. The molecule has 0 radical (unpaired) electrons. The van der Waals surface area contributed by atoms with Crippen molar-refractivity contribution in [3.05, 3.63) is 0 Å². The number of ether oxygens (including phenoxy) is 1. The van der Waals surface area contributed by atoms with Crippen molar-refractivity contribution in [1.82, 2.24) is 10.2 Å². The summed E-state index contributed by atoms with van der Waals surface area (Å²) in [7, 11) is -3.33. The first kappa shape index (κ1) is 15.4. The van der Waals surface area contributed by atoms with Crippen LogP contribution in [-0.4, -0.2) is 69.6 Å². The number of carbonyl (C=O) groups excluding carboxylic acids is 1. The van der Waals surface area contributed by atoms with Crippen LogP contribution in [0.5, 0.6) is 0 Å². The molecule has 6 nitrogen and oxygen atoms in total. The van der Waals surface area contributed by atoms with Gasteiger partial charge in [0.05, 0.1) is 13.2 Å². The van der Waals surface area contributed by atoms with E-state index in [0.717, 1.165) is 19.3 Å². The first-order valence-electron chi connectivity index (χ1n) is 6.10. The topological polar surface area (TPSA) is 75.7 Å². The summed E-state index contributed by atoms with van der Waals surface area (Å²) in [4.78, 5) is 13.9. The van der Waals surface area contributed by atoms with Crippen molar-refractivity contribution in [2.75, 3.05) is 39.1 Å². The Morgan fingerprint density at radius 1 is 1.33 bits per heavy atom. The van der Waals surface area contributed by atoms with E-state index in [1.807, 2.05) is 6.92 Å². The predicted molar refractivity (Wildman–Crippen MR) is 69.2 cm³/mol. The molecule has 0 saturated carbocycles. The minimum absolute atomic E-state index is 0.0696. The Kier molecular flexibility index (Phi) is 5.55. The van der Waals surface area contributed by atoms with Gasteiger partial charge in [0.1, 0.15) is 5.25 Å². The number of nitrogens with zero attached hydrogens (tertiary/aromatic N) is 1. The molecular formula is C11H22N2O4S. The van der Waals surface area contributed by atoms with Crippen LogP contribution >= 0.6 is 0 Å². The maximum atomic E-state index is 11.7. The molecule has 1 heterocycles. The molecule has 1 aliphatic heterocycles. The van der Waals surface area contributed by atoms with E-state index in [2.05, 4.69) is 10.2 Å². The monoisotopic (exact) mass is 278 g/mol. The summed E-state index contributed by atoms with van der Waals surface area (Å²) in [6, 6.07) is -0.0696. The molecule has 0 bridgehead atoms. The van der Waals surface area contributed by atoms with Crippen molar-refractivity contribution >= 4 is 15.7 Å². The lowest BCUT2D eigenvalue weighted by atomic mass is 10.2. The Morgan fingerprint density at radius 3 is 2.39 bits per heavy atom. The molecule has 1 rings (SSSR count). The molecule has 1 aliphatic rings. The molecule has 0 spiro atoms. The summed E-state index contributed by atoms with van der Waals surface area (Å²) in [5, 5.41) is 1.74. The van der Waals surface area contributed by atoms with E-state index >= 15 is 0 Å². The van der Waals surface area contributed by atoms with Crippen LogP contribution in [0.2, 0.25) is 0 Å². The average Bonchev–Trinajstić information content (AvgIpc) is 2.27. The number of rotatable bonds is 5. The average molecular weight is 278 g/mol. The van der Waals surface area contributed by atoms with Gasteiger partial charge >= 0.3 is 0 Å². The van der Waals surface area contributed by atoms with E-state index in [9.17, 15) is 13.2 Å². The molecule has 0 aromatic heterocycles. The Balaban J connectivity index is 2.39. The Bertz CT molecular complexity index is 377. The Morgan fingerprint density at radius 2 is 1.89 bits per heavy atom. The number of nitrogens with one attached hydrogen (secondary N) is 1. The molecule has 2 atom stereocenters. The second-order valence-corrected chi connectivity index (χ2v) is 7.16. The highest BCUT2D eigenvalue weighted by molar-refractivity contribution is 7.92. The van der Waals surface area contributed by atoms with Crippen LogP contribution in [0.25, 0.3) is 0 Å². The van der Waals surface area contributed by atoms with Gasteiger partial charge in [0.2, 0.25) is 5.91 Å². The number of amides is 1. The second-order valence-electron chi connectivity index (χ2n) is 4.79. The van der Waals surface area contributed by atoms with E-state index < -0.39 is 21.0 Å². The molecule has 7 heteroatoms. The van der Waals surface area contributed by atoms with Crippen molar-refractivity contribution in [2.24, 2.45) is 0 Å². The highest BCUT2D eigenvalue weighted by Crippen LogP contribution is 2.01. The van der Waals surface area contributed by atoms with Gasteiger partial charge in [-0.15, -0.1) is 0 Å². The summed E-state index contributed by atoms with van der Waals surface area (Å²) in [5.74, 6) is -0.432. The quantitative estimate of drug-likeness (QED) is 0.716. The summed E-state index contributed by atoms with van der Waals surface area (Å²) in [5.41, 5.74) is 0. The molecule has 1 saturated heterocycles. The Hall–Kier alpha value is -0.660. The van der Waals surface area contributed by atoms with Crippen molar-refractivity contribution < 1.29 is 17.9 Å². The lowest BCUT2D eigenvalue weighted by molar-refractivity contribution is -0.121. The minimum atomic E-state index is -3.33. The van der Waals surface area contributed by atoms with E-state index in [1.165, 1.54) is 6.92 Å². The molecule has 1 fully saturated rings. The molecule has 106 valence electrons. The van der Waals surface area contributed by atoms with Crippen LogP contribution in [-0.2, 0) is 19.4 Å². The van der Waals surface area contributed by atoms with Crippen molar-refractivity contribution in [3.63, 3.8) is 0 Å². The standard InChI is InChI=1S/C11H22N2O4S/c1-9(8-13-4-6-17-7-5-13)12-11(14)10(2)18(3,15)16/h9-10H,4-8H2,1-3H3,(H,12,14)/t9-,10-/m1/s1. The van der Waals surface area contributed by atoms with Gasteiger partial charge in [-0.3, -0.25) is 9.69 Å². The van der Waals surface area contributed by atoms with E-state index in [-0.39, 0.29) is 6.04 Å². The zero-order valence-corrected chi connectivity index (χ0v) is 12.0. The van der Waals surface area contributed by atoms with Crippen LogP contribution in [0.1, 0.15) is 13.8 Å². The van der Waals surface area contributed by atoms with Crippen molar-refractivity contribution in [3.8, 4) is 0 Å². The first-order valence-corrected chi connectivity index (χ1v) is 8.05. The fourth-order valence-corrected chi connectivity index (χ4v) is 2.23. The highest BCUT2D eigenvalue weighted by atomic mass is 32.2. The van der Waals surface area contributed by atoms with Gasteiger partial charge in [0.25, 0.3) is 0 Å². The third-order valence-corrected chi connectivity index (χ3v) is 4.53. The number of morpholine rings is 1. The van der Waals surface area contributed by atoms with Gasteiger partial charge in [0.15, 0.2) is 9.84 Å². The van der Waals surface area contributed by atoms with E-state index in [4.69, 9.17) is 4.74 Å². The molecular weight excluding hydrogens is 256 g/mol. The third-order valence-electron chi connectivity index (χ3n) is 3.04. The van der Waals surface area contributed by atoms with E-state index in [1.54, 1.807) is 0 Å². The number of hydrogen-bond donors (Lipinski definition) is 1. The predicted octanol–water partition coefficient (Wildman–Crippen LogP) is -0.744. The van der Waals surface area contributed by atoms with Crippen LogP contribution in [0, 0.1) is 0 Å². The highest BCUT2D eigenvalue weighted by Gasteiger charge is 2.25. The molecule has 0 unspecified atom stereocenters. The molecule has 1 amide bonds. The van der Waals surface area contributed by atoms with Gasteiger partial charge in [-0.05, 0) is 13.8 Å². The summed E-state index contributed by atoms with van der Waals surface area (Å²) in [6.45, 7) is 7.12. The third kappa shape index (κ3) is 4.91. The fraction of sp³-hybridized carbons (Fsp3) is 0.909. The largest absolute Gasteiger partial charge is 0.379 e. The van der Waals surface area contributed by atoms with Gasteiger partial charge in [-0.25, -0.2) is 8.42 Å². The number of sulfone groups is 1. The lowest BCUT2D eigenvalue weighted by Crippen LogP contribution is -2.48. The maximum Gasteiger partial charge on any atom is 0.238 e. The zero-order chi connectivity index (χ0) is 13.8.